The van der Waals surface area contributed by atoms with Crippen LogP contribution in [0.15, 0.2) is 24.3 Å². The second-order valence-electron chi connectivity index (χ2n) is 3.80. The average Bonchev–Trinajstić information content (AvgIpc) is 2.29. The monoisotopic (exact) mass is 226 g/mol. The molecule has 0 saturated carbocycles. The van der Waals surface area contributed by atoms with Crippen LogP contribution in [0.25, 0.3) is 0 Å². The molecule has 1 fully saturated rings. The molecule has 0 unspecified atom stereocenters. The topological polar surface area (TPSA) is 38.5 Å². The minimum absolute atomic E-state index is 0.209. The van der Waals surface area contributed by atoms with Gasteiger partial charge in [-0.3, -0.25) is 0 Å². The lowest BCUT2D eigenvalue weighted by atomic mass is 10.1. The Balaban J connectivity index is 2.01. The molecule has 1 saturated heterocycles. The zero-order valence-corrected chi connectivity index (χ0v) is 9.28. The Labute approximate surface area is 94.7 Å². The molecule has 0 aliphatic carbocycles. The lowest BCUT2D eigenvalue weighted by Crippen LogP contribution is -2.37. The van der Waals surface area contributed by atoms with Crippen LogP contribution in [0.4, 0.5) is 5.69 Å². The van der Waals surface area contributed by atoms with Crippen molar-refractivity contribution >= 4 is 17.3 Å². The maximum Gasteiger partial charge on any atom is 0.0821 e. The van der Waals surface area contributed by atoms with Gasteiger partial charge in [0.1, 0.15) is 0 Å². The number of anilines is 1. The number of benzene rings is 1. The van der Waals surface area contributed by atoms with Gasteiger partial charge in [0.15, 0.2) is 0 Å². The molecule has 0 amide bonds. The fourth-order valence-corrected chi connectivity index (χ4v) is 2.11. The van der Waals surface area contributed by atoms with E-state index < -0.39 is 0 Å². The summed E-state index contributed by atoms with van der Waals surface area (Å²) < 4.78 is 0. The van der Waals surface area contributed by atoms with Crippen molar-refractivity contribution < 1.29 is 4.84 Å². The van der Waals surface area contributed by atoms with Gasteiger partial charge in [0.2, 0.25) is 0 Å². The number of piperidine rings is 1. The number of nitrogens with two attached hydrogens (primary N) is 1. The van der Waals surface area contributed by atoms with Gasteiger partial charge in [0, 0.05) is 23.8 Å². The van der Waals surface area contributed by atoms with E-state index in [2.05, 4.69) is 11.0 Å². The SMILES string of the molecule is NOC1CCN(c2cccc(Cl)c2)CC1. The Morgan fingerprint density at radius 2 is 2.07 bits per heavy atom. The summed E-state index contributed by atoms with van der Waals surface area (Å²) in [6, 6.07) is 7.94. The normalized spacial score (nSPS) is 18.1. The predicted octanol–water partition coefficient (Wildman–Crippen LogP) is 2.20. The standard InChI is InChI=1S/C11H15ClN2O/c12-9-2-1-3-10(8-9)14-6-4-11(15-13)5-7-14/h1-3,8,11H,4-7,13H2. The molecule has 15 heavy (non-hydrogen) atoms. The van der Waals surface area contributed by atoms with Crippen molar-refractivity contribution in [1.29, 1.82) is 0 Å². The van der Waals surface area contributed by atoms with Crippen LogP contribution in [0.1, 0.15) is 12.8 Å². The van der Waals surface area contributed by atoms with Crippen LogP contribution >= 0.6 is 11.6 Å². The molecule has 0 spiro atoms. The largest absolute Gasteiger partial charge is 0.371 e. The molecule has 1 aliphatic heterocycles. The summed E-state index contributed by atoms with van der Waals surface area (Å²) in [4.78, 5) is 7.15. The summed E-state index contributed by atoms with van der Waals surface area (Å²) >= 11 is 5.95. The van der Waals surface area contributed by atoms with Crippen molar-refractivity contribution in [2.24, 2.45) is 5.90 Å². The third-order valence-corrected chi connectivity index (χ3v) is 3.04. The number of hydrogen-bond acceptors (Lipinski definition) is 3. The van der Waals surface area contributed by atoms with Crippen molar-refractivity contribution in [1.82, 2.24) is 0 Å². The van der Waals surface area contributed by atoms with Crippen molar-refractivity contribution in [3.8, 4) is 0 Å². The Morgan fingerprint density at radius 3 is 2.67 bits per heavy atom. The van der Waals surface area contributed by atoms with Crippen molar-refractivity contribution in [3.05, 3.63) is 29.3 Å². The molecule has 82 valence electrons. The average molecular weight is 227 g/mol. The van der Waals surface area contributed by atoms with E-state index in [1.165, 1.54) is 5.69 Å². The molecular formula is C11H15ClN2O. The molecule has 4 heteroatoms. The van der Waals surface area contributed by atoms with E-state index in [-0.39, 0.29) is 6.10 Å². The fraction of sp³-hybridized carbons (Fsp3) is 0.455. The Bertz CT molecular complexity index is 324. The van der Waals surface area contributed by atoms with Gasteiger partial charge in [-0.2, -0.15) is 0 Å². The molecule has 2 rings (SSSR count). The third-order valence-electron chi connectivity index (χ3n) is 2.81. The molecule has 1 aromatic rings. The van der Waals surface area contributed by atoms with E-state index in [4.69, 9.17) is 22.3 Å². The first-order chi connectivity index (χ1) is 7.29. The highest BCUT2D eigenvalue weighted by Gasteiger charge is 2.19. The van der Waals surface area contributed by atoms with E-state index >= 15 is 0 Å². The highest BCUT2D eigenvalue weighted by molar-refractivity contribution is 6.30. The lowest BCUT2D eigenvalue weighted by molar-refractivity contribution is 0.0368. The Hall–Kier alpha value is -0.770. The minimum Gasteiger partial charge on any atom is -0.371 e. The van der Waals surface area contributed by atoms with E-state index in [9.17, 15) is 0 Å². The summed E-state index contributed by atoms with van der Waals surface area (Å²) in [5.41, 5.74) is 1.18. The maximum atomic E-state index is 5.95. The van der Waals surface area contributed by atoms with Gasteiger partial charge in [-0.25, -0.2) is 5.90 Å². The molecule has 1 aromatic carbocycles. The summed E-state index contributed by atoms with van der Waals surface area (Å²) in [7, 11) is 0. The second-order valence-corrected chi connectivity index (χ2v) is 4.24. The first-order valence-corrected chi connectivity index (χ1v) is 5.53. The number of nitrogens with zero attached hydrogens (tertiary/aromatic N) is 1. The minimum atomic E-state index is 0.209. The van der Waals surface area contributed by atoms with Crippen LogP contribution in [-0.2, 0) is 4.84 Å². The highest BCUT2D eigenvalue weighted by Crippen LogP contribution is 2.23. The zero-order valence-electron chi connectivity index (χ0n) is 8.53. The summed E-state index contributed by atoms with van der Waals surface area (Å²) in [6.07, 6.45) is 2.16. The van der Waals surface area contributed by atoms with E-state index in [1.54, 1.807) is 0 Å². The van der Waals surface area contributed by atoms with Crippen molar-refractivity contribution in [3.63, 3.8) is 0 Å². The van der Waals surface area contributed by atoms with Crippen molar-refractivity contribution in [2.75, 3.05) is 18.0 Å². The van der Waals surface area contributed by atoms with Gasteiger partial charge >= 0.3 is 0 Å². The quantitative estimate of drug-likeness (QED) is 0.786. The van der Waals surface area contributed by atoms with E-state index in [0.717, 1.165) is 31.0 Å². The molecule has 3 nitrogen and oxygen atoms in total. The molecule has 2 N–H and O–H groups in total. The van der Waals surface area contributed by atoms with Gasteiger partial charge in [-0.15, -0.1) is 0 Å². The van der Waals surface area contributed by atoms with Crippen LogP contribution < -0.4 is 10.8 Å². The zero-order chi connectivity index (χ0) is 10.7. The summed E-state index contributed by atoms with van der Waals surface area (Å²) in [5, 5.41) is 0.782. The van der Waals surface area contributed by atoms with Gasteiger partial charge in [0.05, 0.1) is 6.10 Å². The van der Waals surface area contributed by atoms with Crippen LogP contribution in [0.5, 0.6) is 0 Å². The van der Waals surface area contributed by atoms with E-state index in [1.807, 2.05) is 18.2 Å². The van der Waals surface area contributed by atoms with Crippen LogP contribution in [0.3, 0.4) is 0 Å². The first kappa shape index (κ1) is 10.7. The van der Waals surface area contributed by atoms with Crippen LogP contribution in [-0.4, -0.2) is 19.2 Å². The number of rotatable bonds is 2. The smallest absolute Gasteiger partial charge is 0.0821 e. The Morgan fingerprint density at radius 1 is 1.33 bits per heavy atom. The number of halogens is 1. The van der Waals surface area contributed by atoms with Crippen LogP contribution in [0, 0.1) is 0 Å². The van der Waals surface area contributed by atoms with Gasteiger partial charge in [0.25, 0.3) is 0 Å². The van der Waals surface area contributed by atoms with Crippen LogP contribution in [0.2, 0.25) is 5.02 Å². The molecular weight excluding hydrogens is 212 g/mol. The highest BCUT2D eigenvalue weighted by atomic mass is 35.5. The fourth-order valence-electron chi connectivity index (χ4n) is 1.92. The van der Waals surface area contributed by atoms with Gasteiger partial charge in [-0.1, -0.05) is 17.7 Å². The Kier molecular flexibility index (Phi) is 3.46. The molecule has 0 radical (unpaired) electrons. The van der Waals surface area contributed by atoms with Gasteiger partial charge < -0.3 is 9.74 Å². The maximum absolute atomic E-state index is 5.95. The molecule has 1 heterocycles. The van der Waals surface area contributed by atoms with Gasteiger partial charge in [-0.05, 0) is 31.0 Å². The predicted molar refractivity (Wildman–Crippen MR) is 62.0 cm³/mol. The lowest BCUT2D eigenvalue weighted by Gasteiger charge is -2.32. The molecule has 1 aliphatic rings. The molecule has 0 aromatic heterocycles. The second kappa shape index (κ2) is 4.84. The summed E-state index contributed by atoms with van der Waals surface area (Å²) in [6.45, 7) is 1.95. The third kappa shape index (κ3) is 2.62. The summed E-state index contributed by atoms with van der Waals surface area (Å²) in [5.74, 6) is 5.17. The van der Waals surface area contributed by atoms with Crippen molar-refractivity contribution in [2.45, 2.75) is 18.9 Å². The van der Waals surface area contributed by atoms with E-state index in [0.29, 0.717) is 0 Å². The molecule has 0 bridgehead atoms. The first-order valence-electron chi connectivity index (χ1n) is 5.15. The molecule has 0 atom stereocenters. The number of hydrogen-bond donors (Lipinski definition) is 1.